The summed E-state index contributed by atoms with van der Waals surface area (Å²) in [7, 11) is 0. The number of rotatable bonds is 8. The van der Waals surface area contributed by atoms with E-state index in [1.165, 1.54) is 30.3 Å². The number of phenols is 1. The molecule has 0 saturated heterocycles. The fourth-order valence-corrected chi connectivity index (χ4v) is 2.74. The second-order valence-corrected chi connectivity index (χ2v) is 6.59. The molecule has 0 aromatic heterocycles. The van der Waals surface area contributed by atoms with Crippen LogP contribution < -0.4 is 21.9 Å². The Bertz CT molecular complexity index is 981. The minimum atomic E-state index is -1.51. The number of halogens is 1. The third-order valence-electron chi connectivity index (χ3n) is 3.99. The molecule has 3 amide bonds. The molecule has 158 valence electrons. The van der Waals surface area contributed by atoms with E-state index in [1.807, 2.05) is 0 Å². The van der Waals surface area contributed by atoms with Crippen molar-refractivity contribution in [2.24, 2.45) is 5.84 Å². The number of amides is 3. The first-order valence-corrected chi connectivity index (χ1v) is 8.97. The maximum absolute atomic E-state index is 12.3. The summed E-state index contributed by atoms with van der Waals surface area (Å²) >= 11 is 6.08. The molecule has 2 rings (SSSR count). The van der Waals surface area contributed by atoms with Gasteiger partial charge in [0.1, 0.15) is 11.8 Å². The number of carboxylic acid groups (broad SMARTS) is 1. The van der Waals surface area contributed by atoms with Gasteiger partial charge in [0.25, 0.3) is 11.8 Å². The Morgan fingerprint density at radius 3 is 2.40 bits per heavy atom. The Morgan fingerprint density at radius 2 is 1.80 bits per heavy atom. The molecule has 30 heavy (non-hydrogen) atoms. The molecule has 2 aromatic rings. The predicted octanol–water partition coefficient (Wildman–Crippen LogP) is 0.539. The van der Waals surface area contributed by atoms with E-state index in [0.717, 1.165) is 0 Å². The first kappa shape index (κ1) is 22.7. The first-order valence-electron chi connectivity index (χ1n) is 8.60. The van der Waals surface area contributed by atoms with Crippen molar-refractivity contribution in [2.75, 3.05) is 0 Å². The molecule has 0 saturated carbocycles. The maximum Gasteiger partial charge on any atom is 0.326 e. The van der Waals surface area contributed by atoms with Crippen LogP contribution in [-0.4, -0.2) is 39.9 Å². The van der Waals surface area contributed by atoms with Gasteiger partial charge in [0, 0.05) is 12.1 Å². The van der Waals surface area contributed by atoms with Crippen molar-refractivity contribution < 1.29 is 29.4 Å². The Morgan fingerprint density at radius 1 is 1.07 bits per heavy atom. The summed E-state index contributed by atoms with van der Waals surface area (Å²) in [5, 5.41) is 23.3. The van der Waals surface area contributed by atoms with Crippen molar-refractivity contribution >= 4 is 35.3 Å². The van der Waals surface area contributed by atoms with Gasteiger partial charge in [-0.25, -0.2) is 10.6 Å². The Hall–Kier alpha value is -3.63. The molecule has 0 aliphatic rings. The lowest BCUT2D eigenvalue weighted by molar-refractivity contribution is -0.141. The van der Waals surface area contributed by atoms with E-state index in [-0.39, 0.29) is 28.4 Å². The summed E-state index contributed by atoms with van der Waals surface area (Å²) in [6.45, 7) is 0.163. The van der Waals surface area contributed by atoms with E-state index in [2.05, 4.69) is 10.6 Å². The van der Waals surface area contributed by atoms with E-state index in [1.54, 1.807) is 17.6 Å². The van der Waals surface area contributed by atoms with E-state index in [4.69, 9.17) is 22.6 Å². The van der Waals surface area contributed by atoms with Crippen molar-refractivity contribution in [3.8, 4) is 5.75 Å². The number of aromatic hydroxyl groups is 1. The van der Waals surface area contributed by atoms with Gasteiger partial charge < -0.3 is 20.8 Å². The summed E-state index contributed by atoms with van der Waals surface area (Å²) in [5.41, 5.74) is 2.58. The van der Waals surface area contributed by atoms with Gasteiger partial charge in [-0.15, -0.1) is 0 Å². The molecule has 0 fully saturated rings. The molecule has 0 aliphatic heterocycles. The minimum absolute atomic E-state index is 0.0689. The van der Waals surface area contributed by atoms with Crippen LogP contribution in [0, 0.1) is 0 Å². The van der Waals surface area contributed by atoms with Crippen LogP contribution in [0.25, 0.3) is 0 Å². The van der Waals surface area contributed by atoms with E-state index >= 15 is 0 Å². The number of phenolic OH excluding ortho intramolecular Hbond substituents is 1. The fraction of sp³-hybridized carbons (Fsp3) is 0.158. The van der Waals surface area contributed by atoms with Crippen molar-refractivity contribution in [3.63, 3.8) is 0 Å². The van der Waals surface area contributed by atoms with Gasteiger partial charge in [-0.2, -0.15) is 0 Å². The standard InChI is InChI=1S/C19H19ClN4O6/c20-14-7-11(17(27)22-9-10-2-1-3-12(25)6-10)4-5-13(14)18(28)23-15(19(29)30)8-16(26)24-21/h1-7,15,25H,8-9,21H2,(H,22,27)(H,23,28)(H,24,26)(H,29,30). The Kier molecular flexibility index (Phi) is 7.73. The first-order chi connectivity index (χ1) is 14.2. The van der Waals surface area contributed by atoms with Gasteiger partial charge in [-0.1, -0.05) is 23.7 Å². The van der Waals surface area contributed by atoms with Crippen LogP contribution in [0.3, 0.4) is 0 Å². The quantitative estimate of drug-likeness (QED) is 0.200. The summed E-state index contributed by atoms with van der Waals surface area (Å²) in [5.74, 6) is 1.51. The monoisotopic (exact) mass is 434 g/mol. The highest BCUT2D eigenvalue weighted by Crippen LogP contribution is 2.19. The van der Waals surface area contributed by atoms with Gasteiger partial charge >= 0.3 is 5.97 Å². The van der Waals surface area contributed by atoms with Crippen LogP contribution in [0.4, 0.5) is 0 Å². The van der Waals surface area contributed by atoms with Crippen LogP contribution in [0.15, 0.2) is 42.5 Å². The number of carboxylic acids is 1. The molecule has 0 bridgehead atoms. The number of hydrogen-bond donors (Lipinski definition) is 6. The Labute approximate surface area is 176 Å². The molecular formula is C19H19ClN4O6. The van der Waals surface area contributed by atoms with Gasteiger partial charge in [0.05, 0.1) is 17.0 Å². The zero-order valence-electron chi connectivity index (χ0n) is 15.5. The second kappa shape index (κ2) is 10.2. The van der Waals surface area contributed by atoms with E-state index in [9.17, 15) is 24.3 Å². The van der Waals surface area contributed by atoms with Gasteiger partial charge in [0.2, 0.25) is 5.91 Å². The van der Waals surface area contributed by atoms with Gasteiger partial charge in [-0.3, -0.25) is 19.8 Å². The third-order valence-corrected chi connectivity index (χ3v) is 4.31. The highest BCUT2D eigenvalue weighted by Gasteiger charge is 2.24. The normalized spacial score (nSPS) is 11.3. The van der Waals surface area contributed by atoms with Crippen molar-refractivity contribution in [3.05, 3.63) is 64.2 Å². The minimum Gasteiger partial charge on any atom is -0.508 e. The molecule has 0 spiro atoms. The average Bonchev–Trinajstić information content (AvgIpc) is 2.71. The molecule has 10 nitrogen and oxygen atoms in total. The van der Waals surface area contributed by atoms with Crippen LogP contribution >= 0.6 is 11.6 Å². The van der Waals surface area contributed by atoms with Crippen LogP contribution in [0.1, 0.15) is 32.7 Å². The summed E-state index contributed by atoms with van der Waals surface area (Å²) < 4.78 is 0. The largest absolute Gasteiger partial charge is 0.508 e. The topological polar surface area (TPSA) is 171 Å². The molecule has 0 aliphatic carbocycles. The summed E-state index contributed by atoms with van der Waals surface area (Å²) in [6.07, 6.45) is -0.565. The van der Waals surface area contributed by atoms with E-state index < -0.39 is 36.2 Å². The number of nitrogens with one attached hydrogen (secondary N) is 3. The lowest BCUT2D eigenvalue weighted by Crippen LogP contribution is -2.45. The number of aliphatic carboxylic acids is 1. The number of hydrogen-bond acceptors (Lipinski definition) is 6. The molecule has 11 heteroatoms. The van der Waals surface area contributed by atoms with E-state index in [0.29, 0.717) is 5.56 Å². The maximum atomic E-state index is 12.3. The highest BCUT2D eigenvalue weighted by molar-refractivity contribution is 6.34. The highest BCUT2D eigenvalue weighted by atomic mass is 35.5. The van der Waals surface area contributed by atoms with Crippen molar-refractivity contribution in [1.82, 2.24) is 16.1 Å². The van der Waals surface area contributed by atoms with Gasteiger partial charge in [-0.05, 0) is 35.9 Å². The average molecular weight is 435 g/mol. The zero-order valence-corrected chi connectivity index (χ0v) is 16.3. The number of carbonyl (C=O) groups excluding carboxylic acids is 3. The number of nitrogens with two attached hydrogens (primary N) is 1. The smallest absolute Gasteiger partial charge is 0.326 e. The predicted molar refractivity (Wildman–Crippen MR) is 107 cm³/mol. The lowest BCUT2D eigenvalue weighted by atomic mass is 10.1. The van der Waals surface area contributed by atoms with Crippen LogP contribution in [0.5, 0.6) is 5.75 Å². The van der Waals surface area contributed by atoms with Gasteiger partial charge in [0.15, 0.2) is 0 Å². The molecule has 0 radical (unpaired) electrons. The molecule has 1 unspecified atom stereocenters. The second-order valence-electron chi connectivity index (χ2n) is 6.18. The molecule has 2 aromatic carbocycles. The van der Waals surface area contributed by atoms with Crippen molar-refractivity contribution in [1.29, 1.82) is 0 Å². The molecular weight excluding hydrogens is 416 g/mol. The third kappa shape index (κ3) is 6.19. The zero-order chi connectivity index (χ0) is 22.3. The lowest BCUT2D eigenvalue weighted by Gasteiger charge is -2.14. The van der Waals surface area contributed by atoms with Crippen LogP contribution in [-0.2, 0) is 16.1 Å². The fourth-order valence-electron chi connectivity index (χ4n) is 2.47. The molecule has 1 atom stereocenters. The number of hydrazine groups is 1. The molecule has 7 N–H and O–H groups in total. The number of carbonyl (C=O) groups is 4. The summed E-state index contributed by atoms with van der Waals surface area (Å²) in [6, 6.07) is 8.74. The molecule has 0 heterocycles. The van der Waals surface area contributed by atoms with Crippen molar-refractivity contribution in [2.45, 2.75) is 19.0 Å². The Balaban J connectivity index is 2.06. The summed E-state index contributed by atoms with van der Waals surface area (Å²) in [4.78, 5) is 47.1. The number of benzene rings is 2. The van der Waals surface area contributed by atoms with Crippen LogP contribution in [0.2, 0.25) is 5.02 Å². The SMILES string of the molecule is NNC(=O)CC(NC(=O)c1ccc(C(=O)NCc2cccc(O)c2)cc1Cl)C(=O)O.